The first-order valence-corrected chi connectivity index (χ1v) is 6.45. The van der Waals surface area contributed by atoms with Crippen LogP contribution in [0.1, 0.15) is 11.3 Å². The lowest BCUT2D eigenvalue weighted by Gasteiger charge is -2.04. The Labute approximate surface area is 113 Å². The molecule has 0 bridgehead atoms. The number of nitrogens with zero attached hydrogens (tertiary/aromatic N) is 2. The zero-order valence-corrected chi connectivity index (χ0v) is 11.8. The summed E-state index contributed by atoms with van der Waals surface area (Å²) in [6.45, 7) is 5.91. The maximum atomic E-state index is 5.99. The van der Waals surface area contributed by atoms with Gasteiger partial charge in [-0.05, 0) is 44.2 Å². The standard InChI is InChI=1S/C14H18ClN3/c1-10-8-12(15)4-5-13(10)14-9-18(7-6-16-3)17-11(14)2/h4-5,8-9,16H,6-7H2,1-3H3. The molecular weight excluding hydrogens is 246 g/mol. The minimum Gasteiger partial charge on any atom is -0.318 e. The lowest BCUT2D eigenvalue weighted by molar-refractivity contribution is 0.581. The number of rotatable bonds is 4. The molecule has 96 valence electrons. The number of benzene rings is 1. The number of aryl methyl sites for hydroxylation is 2. The third kappa shape index (κ3) is 2.74. The Bertz CT molecular complexity index is 546. The van der Waals surface area contributed by atoms with Crippen molar-refractivity contribution in [1.82, 2.24) is 15.1 Å². The molecule has 0 radical (unpaired) electrons. The van der Waals surface area contributed by atoms with Gasteiger partial charge in [-0.2, -0.15) is 5.10 Å². The number of aromatic nitrogens is 2. The van der Waals surface area contributed by atoms with Crippen LogP contribution in [0.15, 0.2) is 24.4 Å². The van der Waals surface area contributed by atoms with Crippen molar-refractivity contribution in [3.8, 4) is 11.1 Å². The van der Waals surface area contributed by atoms with Gasteiger partial charge < -0.3 is 5.32 Å². The third-order valence-corrected chi connectivity index (χ3v) is 3.25. The van der Waals surface area contributed by atoms with Crippen LogP contribution in [0.2, 0.25) is 5.02 Å². The minimum atomic E-state index is 0.775. The quantitative estimate of drug-likeness (QED) is 0.919. The van der Waals surface area contributed by atoms with Crippen molar-refractivity contribution in [1.29, 1.82) is 0 Å². The summed E-state index contributed by atoms with van der Waals surface area (Å²) in [6.07, 6.45) is 2.10. The van der Waals surface area contributed by atoms with Gasteiger partial charge in [0, 0.05) is 23.3 Å². The Kier molecular flexibility index (Phi) is 4.04. The normalized spacial score (nSPS) is 10.9. The number of hydrogen-bond acceptors (Lipinski definition) is 2. The van der Waals surface area contributed by atoms with Crippen molar-refractivity contribution in [2.24, 2.45) is 0 Å². The van der Waals surface area contributed by atoms with E-state index in [9.17, 15) is 0 Å². The minimum absolute atomic E-state index is 0.775. The summed E-state index contributed by atoms with van der Waals surface area (Å²) in [4.78, 5) is 0. The highest BCUT2D eigenvalue weighted by Crippen LogP contribution is 2.27. The van der Waals surface area contributed by atoms with E-state index in [2.05, 4.69) is 29.6 Å². The van der Waals surface area contributed by atoms with Gasteiger partial charge in [0.05, 0.1) is 12.2 Å². The molecule has 0 fully saturated rings. The molecule has 0 spiro atoms. The highest BCUT2D eigenvalue weighted by molar-refractivity contribution is 6.30. The Morgan fingerprint density at radius 1 is 1.28 bits per heavy atom. The average molecular weight is 264 g/mol. The molecule has 0 aliphatic rings. The maximum absolute atomic E-state index is 5.99. The van der Waals surface area contributed by atoms with Crippen LogP contribution >= 0.6 is 11.6 Å². The molecule has 2 rings (SSSR count). The summed E-state index contributed by atoms with van der Waals surface area (Å²) in [6, 6.07) is 5.97. The fourth-order valence-electron chi connectivity index (χ4n) is 2.05. The zero-order chi connectivity index (χ0) is 13.1. The first kappa shape index (κ1) is 13.1. The van der Waals surface area contributed by atoms with Crippen molar-refractivity contribution in [3.05, 3.63) is 40.7 Å². The Morgan fingerprint density at radius 2 is 2.06 bits per heavy atom. The Hall–Kier alpha value is -1.32. The smallest absolute Gasteiger partial charge is 0.0672 e. The van der Waals surface area contributed by atoms with Gasteiger partial charge in [-0.15, -0.1) is 0 Å². The SMILES string of the molecule is CNCCn1cc(-c2ccc(Cl)cc2C)c(C)n1. The van der Waals surface area contributed by atoms with Gasteiger partial charge in [0.15, 0.2) is 0 Å². The van der Waals surface area contributed by atoms with Gasteiger partial charge in [-0.3, -0.25) is 4.68 Å². The summed E-state index contributed by atoms with van der Waals surface area (Å²) in [5.41, 5.74) is 4.61. The van der Waals surface area contributed by atoms with E-state index in [0.29, 0.717) is 0 Å². The molecule has 0 aliphatic carbocycles. The van der Waals surface area contributed by atoms with Crippen molar-refractivity contribution < 1.29 is 0 Å². The van der Waals surface area contributed by atoms with E-state index in [1.54, 1.807) is 0 Å². The maximum Gasteiger partial charge on any atom is 0.0672 e. The van der Waals surface area contributed by atoms with E-state index < -0.39 is 0 Å². The van der Waals surface area contributed by atoms with Gasteiger partial charge >= 0.3 is 0 Å². The molecule has 3 nitrogen and oxygen atoms in total. The Balaban J connectivity index is 2.35. The fourth-order valence-corrected chi connectivity index (χ4v) is 2.28. The predicted molar refractivity (Wildman–Crippen MR) is 76.1 cm³/mol. The zero-order valence-electron chi connectivity index (χ0n) is 11.0. The summed E-state index contributed by atoms with van der Waals surface area (Å²) in [7, 11) is 1.95. The molecule has 0 saturated heterocycles. The number of likely N-dealkylation sites (N-methyl/N-ethyl adjacent to an activating group) is 1. The molecule has 2 aromatic rings. The van der Waals surface area contributed by atoms with Crippen LogP contribution in [0.3, 0.4) is 0 Å². The first-order valence-electron chi connectivity index (χ1n) is 6.07. The van der Waals surface area contributed by atoms with Gasteiger partial charge in [0.1, 0.15) is 0 Å². The summed E-state index contributed by atoms with van der Waals surface area (Å²) in [5.74, 6) is 0. The molecular formula is C14H18ClN3. The van der Waals surface area contributed by atoms with Crippen LogP contribution in [0.4, 0.5) is 0 Å². The summed E-state index contributed by atoms with van der Waals surface area (Å²) < 4.78 is 1.98. The van der Waals surface area contributed by atoms with Crippen molar-refractivity contribution in [2.75, 3.05) is 13.6 Å². The Morgan fingerprint density at radius 3 is 2.72 bits per heavy atom. The van der Waals surface area contributed by atoms with Gasteiger partial charge in [-0.25, -0.2) is 0 Å². The van der Waals surface area contributed by atoms with Gasteiger partial charge in [0.25, 0.3) is 0 Å². The molecule has 0 amide bonds. The summed E-state index contributed by atoms with van der Waals surface area (Å²) in [5, 5.41) is 8.43. The van der Waals surface area contributed by atoms with Crippen LogP contribution in [0.5, 0.6) is 0 Å². The highest BCUT2D eigenvalue weighted by Gasteiger charge is 2.09. The molecule has 4 heteroatoms. The molecule has 0 unspecified atom stereocenters. The molecule has 0 atom stereocenters. The second kappa shape index (κ2) is 5.55. The second-order valence-corrected chi connectivity index (χ2v) is 4.89. The van der Waals surface area contributed by atoms with E-state index >= 15 is 0 Å². The second-order valence-electron chi connectivity index (χ2n) is 4.45. The molecule has 0 saturated carbocycles. The first-order chi connectivity index (χ1) is 8.61. The largest absolute Gasteiger partial charge is 0.318 e. The van der Waals surface area contributed by atoms with Crippen molar-refractivity contribution >= 4 is 11.6 Å². The lowest BCUT2D eigenvalue weighted by Crippen LogP contribution is -2.15. The van der Waals surface area contributed by atoms with E-state index in [4.69, 9.17) is 11.6 Å². The van der Waals surface area contributed by atoms with E-state index in [0.717, 1.165) is 23.8 Å². The van der Waals surface area contributed by atoms with Crippen molar-refractivity contribution in [3.63, 3.8) is 0 Å². The molecule has 1 aromatic carbocycles. The molecule has 1 heterocycles. The van der Waals surface area contributed by atoms with Crippen LogP contribution in [-0.4, -0.2) is 23.4 Å². The van der Waals surface area contributed by atoms with Crippen LogP contribution < -0.4 is 5.32 Å². The monoisotopic (exact) mass is 263 g/mol. The number of nitrogens with one attached hydrogen (secondary N) is 1. The fraction of sp³-hybridized carbons (Fsp3) is 0.357. The number of halogens is 1. The summed E-state index contributed by atoms with van der Waals surface area (Å²) >= 11 is 5.99. The third-order valence-electron chi connectivity index (χ3n) is 3.02. The van der Waals surface area contributed by atoms with E-state index in [1.165, 1.54) is 16.7 Å². The van der Waals surface area contributed by atoms with Crippen LogP contribution in [-0.2, 0) is 6.54 Å². The molecule has 1 aromatic heterocycles. The van der Waals surface area contributed by atoms with Gasteiger partial charge in [-0.1, -0.05) is 17.7 Å². The van der Waals surface area contributed by atoms with Crippen molar-refractivity contribution in [2.45, 2.75) is 20.4 Å². The molecule has 0 aliphatic heterocycles. The average Bonchev–Trinajstić information content (AvgIpc) is 2.68. The lowest BCUT2D eigenvalue weighted by atomic mass is 10.0. The number of hydrogen-bond donors (Lipinski definition) is 1. The van der Waals surface area contributed by atoms with E-state index in [1.807, 2.05) is 30.8 Å². The van der Waals surface area contributed by atoms with Crippen LogP contribution in [0.25, 0.3) is 11.1 Å². The molecule has 18 heavy (non-hydrogen) atoms. The molecule has 1 N–H and O–H groups in total. The van der Waals surface area contributed by atoms with E-state index in [-0.39, 0.29) is 0 Å². The van der Waals surface area contributed by atoms with Gasteiger partial charge in [0.2, 0.25) is 0 Å². The predicted octanol–water partition coefficient (Wildman–Crippen LogP) is 3.04. The highest BCUT2D eigenvalue weighted by atomic mass is 35.5. The topological polar surface area (TPSA) is 29.9 Å². The van der Waals surface area contributed by atoms with Crippen LogP contribution in [0, 0.1) is 13.8 Å².